The first-order valence-electron chi connectivity index (χ1n) is 8.94. The Balaban J connectivity index is 2.11. The minimum atomic E-state index is -0.510. The Morgan fingerprint density at radius 3 is 2.29 bits per heavy atom. The van der Waals surface area contributed by atoms with Crippen LogP contribution in [0.15, 0.2) is 64.2 Å². The molecule has 0 N–H and O–H groups in total. The molecule has 1 aliphatic heterocycles. The van der Waals surface area contributed by atoms with Gasteiger partial charge in [0, 0.05) is 16.3 Å². The molecule has 0 aromatic heterocycles. The SMILES string of the molecule is COC(=O)C1=C(C)N(c2ccc(C)c(C)c2)C(=O)/C1=C\c1ccc(SC)cc1. The number of anilines is 1. The van der Waals surface area contributed by atoms with Crippen LogP contribution >= 0.6 is 11.8 Å². The number of nitrogens with zero attached hydrogens (tertiary/aromatic N) is 1. The van der Waals surface area contributed by atoms with Gasteiger partial charge in [-0.2, -0.15) is 0 Å². The molecule has 0 spiro atoms. The molecule has 0 atom stereocenters. The van der Waals surface area contributed by atoms with Gasteiger partial charge in [0.2, 0.25) is 0 Å². The lowest BCUT2D eigenvalue weighted by atomic mass is 10.0. The van der Waals surface area contributed by atoms with Crippen LogP contribution in [0, 0.1) is 13.8 Å². The van der Waals surface area contributed by atoms with Crippen molar-refractivity contribution in [3.63, 3.8) is 0 Å². The average molecular weight is 394 g/mol. The highest BCUT2D eigenvalue weighted by molar-refractivity contribution is 7.98. The maximum absolute atomic E-state index is 13.3. The summed E-state index contributed by atoms with van der Waals surface area (Å²) in [6.07, 6.45) is 3.76. The molecule has 5 heteroatoms. The Kier molecular flexibility index (Phi) is 5.75. The molecule has 0 saturated heterocycles. The molecular formula is C23H23NO3S. The summed E-state index contributed by atoms with van der Waals surface area (Å²) in [7, 11) is 1.33. The fraction of sp³-hybridized carbons (Fsp3) is 0.217. The first-order valence-corrected chi connectivity index (χ1v) is 10.2. The van der Waals surface area contributed by atoms with Crippen molar-refractivity contribution in [2.45, 2.75) is 25.7 Å². The van der Waals surface area contributed by atoms with Crippen molar-refractivity contribution in [1.29, 1.82) is 0 Å². The zero-order valence-corrected chi connectivity index (χ0v) is 17.5. The number of aryl methyl sites for hydroxylation is 2. The monoisotopic (exact) mass is 393 g/mol. The van der Waals surface area contributed by atoms with Crippen LogP contribution in [0.25, 0.3) is 6.08 Å². The number of esters is 1. The summed E-state index contributed by atoms with van der Waals surface area (Å²) in [5.74, 6) is -0.737. The quantitative estimate of drug-likeness (QED) is 0.421. The van der Waals surface area contributed by atoms with Crippen LogP contribution in [0.5, 0.6) is 0 Å². The third-order valence-electron chi connectivity index (χ3n) is 4.97. The maximum atomic E-state index is 13.3. The molecule has 28 heavy (non-hydrogen) atoms. The standard InChI is InChI=1S/C23H23NO3S/c1-14-6-9-18(12-15(14)2)24-16(3)21(23(26)27-4)20(22(24)25)13-17-7-10-19(28-5)11-8-17/h6-13H,1-5H3/b20-13-. The van der Waals surface area contributed by atoms with Crippen molar-refractivity contribution in [2.24, 2.45) is 0 Å². The highest BCUT2D eigenvalue weighted by Crippen LogP contribution is 2.36. The largest absolute Gasteiger partial charge is 0.465 e. The summed E-state index contributed by atoms with van der Waals surface area (Å²) < 4.78 is 4.96. The summed E-state index contributed by atoms with van der Waals surface area (Å²) >= 11 is 1.65. The van der Waals surface area contributed by atoms with Gasteiger partial charge >= 0.3 is 5.97 Å². The highest BCUT2D eigenvalue weighted by atomic mass is 32.2. The molecule has 0 aliphatic carbocycles. The summed E-state index contributed by atoms with van der Waals surface area (Å²) in [4.78, 5) is 28.5. The number of carbonyl (C=O) groups excluding carboxylic acids is 2. The molecule has 0 unspecified atom stereocenters. The highest BCUT2D eigenvalue weighted by Gasteiger charge is 2.37. The van der Waals surface area contributed by atoms with E-state index in [1.165, 1.54) is 7.11 Å². The summed E-state index contributed by atoms with van der Waals surface area (Å²) in [5, 5.41) is 0. The van der Waals surface area contributed by atoms with E-state index in [4.69, 9.17) is 4.74 Å². The number of hydrogen-bond donors (Lipinski definition) is 0. The van der Waals surface area contributed by atoms with E-state index in [-0.39, 0.29) is 5.91 Å². The molecule has 0 saturated carbocycles. The van der Waals surface area contributed by atoms with Gasteiger partial charge in [-0.15, -0.1) is 11.8 Å². The molecule has 1 aliphatic rings. The Hall–Kier alpha value is -2.79. The number of ether oxygens (including phenoxy) is 1. The predicted octanol–water partition coefficient (Wildman–Crippen LogP) is 4.90. The van der Waals surface area contributed by atoms with Crippen molar-refractivity contribution in [3.05, 3.63) is 76.0 Å². The zero-order chi connectivity index (χ0) is 20.4. The fourth-order valence-corrected chi connectivity index (χ4v) is 3.63. The second-order valence-electron chi connectivity index (χ2n) is 6.69. The first-order chi connectivity index (χ1) is 13.4. The van der Waals surface area contributed by atoms with Crippen molar-refractivity contribution in [3.8, 4) is 0 Å². The molecule has 2 aromatic carbocycles. The summed E-state index contributed by atoms with van der Waals surface area (Å²) in [5.41, 5.74) is 5.06. The minimum Gasteiger partial charge on any atom is -0.465 e. The number of hydrogen-bond acceptors (Lipinski definition) is 4. The molecule has 0 fully saturated rings. The van der Waals surface area contributed by atoms with Crippen LogP contribution in [0.1, 0.15) is 23.6 Å². The fourth-order valence-electron chi connectivity index (χ4n) is 3.22. The Morgan fingerprint density at radius 1 is 1.04 bits per heavy atom. The van der Waals surface area contributed by atoms with Gasteiger partial charge in [0.15, 0.2) is 0 Å². The van der Waals surface area contributed by atoms with Gasteiger partial charge in [-0.25, -0.2) is 4.79 Å². The van der Waals surface area contributed by atoms with Gasteiger partial charge in [-0.1, -0.05) is 18.2 Å². The zero-order valence-electron chi connectivity index (χ0n) is 16.7. The van der Waals surface area contributed by atoms with Crippen LogP contribution in [0.2, 0.25) is 0 Å². The maximum Gasteiger partial charge on any atom is 0.340 e. The molecule has 4 nitrogen and oxygen atoms in total. The first kappa shape index (κ1) is 20.0. The van der Waals surface area contributed by atoms with E-state index in [9.17, 15) is 9.59 Å². The van der Waals surface area contributed by atoms with Crippen LogP contribution < -0.4 is 4.90 Å². The van der Waals surface area contributed by atoms with Gasteiger partial charge in [0.25, 0.3) is 5.91 Å². The average Bonchev–Trinajstić information content (AvgIpc) is 2.94. The molecule has 1 heterocycles. The van der Waals surface area contributed by atoms with Crippen molar-refractivity contribution < 1.29 is 14.3 Å². The van der Waals surface area contributed by atoms with Crippen LogP contribution in [-0.2, 0) is 14.3 Å². The second-order valence-corrected chi connectivity index (χ2v) is 7.57. The lowest BCUT2D eigenvalue weighted by Gasteiger charge is -2.19. The van der Waals surface area contributed by atoms with Gasteiger partial charge in [0.1, 0.15) is 0 Å². The third-order valence-corrected chi connectivity index (χ3v) is 5.71. The van der Waals surface area contributed by atoms with Crippen molar-refractivity contribution in [1.82, 2.24) is 0 Å². The Labute approximate surface area is 169 Å². The number of benzene rings is 2. The van der Waals surface area contributed by atoms with Crippen molar-refractivity contribution in [2.75, 3.05) is 18.3 Å². The van der Waals surface area contributed by atoms with Crippen LogP contribution in [-0.4, -0.2) is 25.2 Å². The Bertz CT molecular complexity index is 1000. The van der Waals surface area contributed by atoms with Crippen LogP contribution in [0.4, 0.5) is 5.69 Å². The third kappa shape index (κ3) is 3.62. The number of methoxy groups -OCH3 is 1. The summed E-state index contributed by atoms with van der Waals surface area (Å²) in [6.45, 7) is 5.80. The summed E-state index contributed by atoms with van der Waals surface area (Å²) in [6, 6.07) is 13.7. The smallest absolute Gasteiger partial charge is 0.340 e. The van der Waals surface area contributed by atoms with Gasteiger partial charge in [-0.3, -0.25) is 9.69 Å². The van der Waals surface area contributed by atoms with Crippen LogP contribution in [0.3, 0.4) is 0 Å². The van der Waals surface area contributed by atoms with Gasteiger partial charge in [-0.05, 0) is 74.1 Å². The minimum absolute atomic E-state index is 0.227. The molecule has 0 radical (unpaired) electrons. The topological polar surface area (TPSA) is 46.6 Å². The lowest BCUT2D eigenvalue weighted by Crippen LogP contribution is -2.24. The molecular weight excluding hydrogens is 370 g/mol. The van der Waals surface area contributed by atoms with Gasteiger partial charge in [0.05, 0.1) is 18.3 Å². The van der Waals surface area contributed by atoms with Gasteiger partial charge < -0.3 is 4.74 Å². The second kappa shape index (κ2) is 8.07. The number of rotatable bonds is 4. The number of carbonyl (C=O) groups is 2. The van der Waals surface area contributed by atoms with Crippen molar-refractivity contribution >= 4 is 35.4 Å². The van der Waals surface area contributed by atoms with E-state index in [1.54, 1.807) is 29.7 Å². The Morgan fingerprint density at radius 2 is 1.71 bits per heavy atom. The lowest BCUT2D eigenvalue weighted by molar-refractivity contribution is -0.136. The number of allylic oxidation sites excluding steroid dienone is 1. The molecule has 0 bridgehead atoms. The molecule has 2 aromatic rings. The number of thioether (sulfide) groups is 1. The predicted molar refractivity (Wildman–Crippen MR) is 114 cm³/mol. The van der Waals surface area contributed by atoms with E-state index in [2.05, 4.69) is 0 Å². The molecule has 144 valence electrons. The van der Waals surface area contributed by atoms with E-state index in [0.717, 1.165) is 27.3 Å². The molecule has 3 rings (SSSR count). The van der Waals surface area contributed by atoms with E-state index in [0.29, 0.717) is 16.8 Å². The number of amides is 1. The van der Waals surface area contributed by atoms with E-state index < -0.39 is 5.97 Å². The molecule has 1 amide bonds. The van der Waals surface area contributed by atoms with E-state index >= 15 is 0 Å². The van der Waals surface area contributed by atoms with E-state index in [1.807, 2.05) is 62.6 Å². The normalized spacial score (nSPS) is 15.5.